The van der Waals surface area contributed by atoms with Gasteiger partial charge in [-0.15, -0.1) is 22.7 Å². The number of halogens is 1. The van der Waals surface area contributed by atoms with Crippen LogP contribution in [0.2, 0.25) is 5.02 Å². The van der Waals surface area contributed by atoms with Crippen molar-refractivity contribution in [3.05, 3.63) is 75.7 Å². The van der Waals surface area contributed by atoms with E-state index in [1.807, 2.05) is 43.0 Å². The van der Waals surface area contributed by atoms with Crippen LogP contribution in [0.5, 0.6) is 0 Å². The standard InChI is InChI=1S/C19H17ClN4S2/c20-15-5-1-2-6-16(15)22-19-24(10-4-9-23-11-8-21-14-23)17(13-26-19)18-7-3-12-25-18/h1-3,5-8,11-14H,4,9-10H2. The highest BCUT2D eigenvalue weighted by atomic mass is 35.5. The highest BCUT2D eigenvalue weighted by molar-refractivity contribution is 7.14. The van der Waals surface area contributed by atoms with Crippen molar-refractivity contribution >= 4 is 40.0 Å². The van der Waals surface area contributed by atoms with Gasteiger partial charge in [0.15, 0.2) is 4.80 Å². The molecule has 3 aromatic heterocycles. The van der Waals surface area contributed by atoms with Crippen molar-refractivity contribution in [2.45, 2.75) is 19.5 Å². The molecule has 0 unspecified atom stereocenters. The molecule has 0 amide bonds. The second-order valence-electron chi connectivity index (χ2n) is 5.75. The largest absolute Gasteiger partial charge is 0.337 e. The lowest BCUT2D eigenvalue weighted by molar-refractivity contribution is 0.559. The van der Waals surface area contributed by atoms with Gasteiger partial charge in [-0.3, -0.25) is 0 Å². The Hall–Kier alpha value is -2.15. The first-order valence-electron chi connectivity index (χ1n) is 8.28. The number of thiazole rings is 1. The van der Waals surface area contributed by atoms with Crippen molar-refractivity contribution in [1.82, 2.24) is 14.1 Å². The van der Waals surface area contributed by atoms with E-state index in [0.29, 0.717) is 5.02 Å². The number of aromatic nitrogens is 3. The van der Waals surface area contributed by atoms with Crippen LogP contribution in [0.1, 0.15) is 6.42 Å². The summed E-state index contributed by atoms with van der Waals surface area (Å²) in [7, 11) is 0. The number of hydrogen-bond donors (Lipinski definition) is 0. The van der Waals surface area contributed by atoms with Gasteiger partial charge in [-0.2, -0.15) is 0 Å². The van der Waals surface area contributed by atoms with Gasteiger partial charge in [0, 0.05) is 30.9 Å². The maximum Gasteiger partial charge on any atom is 0.190 e. The molecular formula is C19H17ClN4S2. The summed E-state index contributed by atoms with van der Waals surface area (Å²) in [6, 6.07) is 11.9. The minimum atomic E-state index is 0.670. The van der Waals surface area contributed by atoms with Gasteiger partial charge in [0.2, 0.25) is 0 Å². The number of nitrogens with zero attached hydrogens (tertiary/aromatic N) is 4. The van der Waals surface area contributed by atoms with E-state index in [2.05, 4.69) is 37.0 Å². The van der Waals surface area contributed by atoms with Crippen molar-refractivity contribution in [1.29, 1.82) is 0 Å². The van der Waals surface area contributed by atoms with Gasteiger partial charge in [-0.1, -0.05) is 29.8 Å². The molecule has 0 aliphatic heterocycles. The van der Waals surface area contributed by atoms with Gasteiger partial charge in [0.25, 0.3) is 0 Å². The van der Waals surface area contributed by atoms with Crippen LogP contribution in [0.25, 0.3) is 10.6 Å². The van der Waals surface area contributed by atoms with E-state index in [9.17, 15) is 0 Å². The Morgan fingerprint density at radius 3 is 2.77 bits per heavy atom. The molecule has 0 spiro atoms. The SMILES string of the molecule is Clc1ccccc1N=c1scc(-c2cccs2)n1CCCn1ccnc1. The van der Waals surface area contributed by atoms with Gasteiger partial charge in [0.1, 0.15) is 0 Å². The fraction of sp³-hybridized carbons (Fsp3) is 0.158. The fourth-order valence-electron chi connectivity index (χ4n) is 2.73. The maximum atomic E-state index is 6.30. The molecule has 0 bridgehead atoms. The predicted molar refractivity (Wildman–Crippen MR) is 109 cm³/mol. The van der Waals surface area contributed by atoms with Crippen LogP contribution in [-0.4, -0.2) is 14.1 Å². The first kappa shape index (κ1) is 17.3. The number of hydrogen-bond acceptors (Lipinski definition) is 4. The molecular weight excluding hydrogens is 384 g/mol. The molecule has 0 atom stereocenters. The smallest absolute Gasteiger partial charge is 0.190 e. The van der Waals surface area contributed by atoms with Crippen molar-refractivity contribution in [3.8, 4) is 10.6 Å². The summed E-state index contributed by atoms with van der Waals surface area (Å²) in [5.41, 5.74) is 2.01. The normalized spacial score (nSPS) is 12.0. The molecule has 0 N–H and O–H groups in total. The van der Waals surface area contributed by atoms with Crippen LogP contribution < -0.4 is 4.80 Å². The summed E-state index contributed by atoms with van der Waals surface area (Å²) in [4.78, 5) is 11.1. The number of para-hydroxylation sites is 1. The number of benzene rings is 1. The van der Waals surface area contributed by atoms with E-state index in [-0.39, 0.29) is 0 Å². The van der Waals surface area contributed by atoms with Crippen molar-refractivity contribution in [3.63, 3.8) is 0 Å². The maximum absolute atomic E-state index is 6.30. The summed E-state index contributed by atoms with van der Waals surface area (Å²) in [5.74, 6) is 0. The van der Waals surface area contributed by atoms with Crippen LogP contribution in [0.3, 0.4) is 0 Å². The highest BCUT2D eigenvalue weighted by Gasteiger charge is 2.09. The van der Waals surface area contributed by atoms with Crippen molar-refractivity contribution in [2.75, 3.05) is 0 Å². The van der Waals surface area contributed by atoms with E-state index in [0.717, 1.165) is 30.0 Å². The van der Waals surface area contributed by atoms with Crippen LogP contribution >= 0.6 is 34.3 Å². The Kier molecular flexibility index (Phi) is 5.34. The van der Waals surface area contributed by atoms with Crippen LogP contribution in [0.15, 0.2) is 70.9 Å². The lowest BCUT2D eigenvalue weighted by atomic mass is 10.3. The Bertz CT molecular complexity index is 1030. The van der Waals surface area contributed by atoms with E-state index >= 15 is 0 Å². The summed E-state index contributed by atoms with van der Waals surface area (Å²) in [6.45, 7) is 1.82. The van der Waals surface area contributed by atoms with Crippen molar-refractivity contribution < 1.29 is 0 Å². The highest BCUT2D eigenvalue weighted by Crippen LogP contribution is 2.27. The number of imidazole rings is 1. The second kappa shape index (κ2) is 8.03. The third-order valence-electron chi connectivity index (χ3n) is 4.00. The number of rotatable bonds is 6. The van der Waals surface area contributed by atoms with Gasteiger partial charge >= 0.3 is 0 Å². The van der Waals surface area contributed by atoms with Gasteiger partial charge in [-0.05, 0) is 30.0 Å². The van der Waals surface area contributed by atoms with Gasteiger partial charge in [-0.25, -0.2) is 9.98 Å². The number of thiophene rings is 1. The average Bonchev–Trinajstić information content (AvgIpc) is 3.39. The predicted octanol–water partition coefficient (Wildman–Crippen LogP) is 5.45. The Balaban J connectivity index is 1.68. The average molecular weight is 401 g/mol. The Morgan fingerprint density at radius 1 is 1.08 bits per heavy atom. The molecule has 4 aromatic rings. The van der Waals surface area contributed by atoms with Crippen LogP contribution in [0.4, 0.5) is 5.69 Å². The Morgan fingerprint density at radius 2 is 2.00 bits per heavy atom. The molecule has 26 heavy (non-hydrogen) atoms. The summed E-state index contributed by atoms with van der Waals surface area (Å²) in [5, 5.41) is 4.95. The van der Waals surface area contributed by atoms with E-state index in [1.165, 1.54) is 10.6 Å². The zero-order valence-corrected chi connectivity index (χ0v) is 16.3. The molecule has 132 valence electrons. The monoisotopic (exact) mass is 400 g/mol. The van der Waals surface area contributed by atoms with E-state index < -0.39 is 0 Å². The third kappa shape index (κ3) is 3.82. The quantitative estimate of drug-likeness (QED) is 0.423. The second-order valence-corrected chi connectivity index (χ2v) is 7.94. The molecule has 1 aromatic carbocycles. The zero-order chi connectivity index (χ0) is 17.8. The molecule has 0 aliphatic rings. The van der Waals surface area contributed by atoms with Gasteiger partial charge in [0.05, 0.1) is 27.6 Å². The molecule has 4 rings (SSSR count). The summed E-state index contributed by atoms with van der Waals surface area (Å²) in [6.07, 6.45) is 6.66. The molecule has 0 aliphatic carbocycles. The minimum Gasteiger partial charge on any atom is -0.337 e. The van der Waals surface area contributed by atoms with Gasteiger partial charge < -0.3 is 9.13 Å². The molecule has 4 nitrogen and oxygen atoms in total. The fourth-order valence-corrected chi connectivity index (χ4v) is 4.68. The minimum absolute atomic E-state index is 0.670. The topological polar surface area (TPSA) is 35.1 Å². The Labute approximate surface area is 164 Å². The first-order chi connectivity index (χ1) is 12.8. The number of aryl methyl sites for hydroxylation is 1. The van der Waals surface area contributed by atoms with Crippen molar-refractivity contribution in [2.24, 2.45) is 4.99 Å². The summed E-state index contributed by atoms with van der Waals surface area (Å²) >= 11 is 9.70. The van der Waals surface area contributed by atoms with Crippen LogP contribution in [0, 0.1) is 0 Å². The molecule has 0 saturated carbocycles. The summed E-state index contributed by atoms with van der Waals surface area (Å²) < 4.78 is 4.39. The van der Waals surface area contributed by atoms with Crippen LogP contribution in [-0.2, 0) is 13.1 Å². The molecule has 7 heteroatoms. The lowest BCUT2D eigenvalue weighted by Crippen LogP contribution is -2.17. The van der Waals surface area contributed by atoms with E-state index in [1.54, 1.807) is 22.7 Å². The molecule has 0 radical (unpaired) electrons. The molecule has 3 heterocycles. The zero-order valence-electron chi connectivity index (χ0n) is 14.0. The molecule has 0 saturated heterocycles. The third-order valence-corrected chi connectivity index (χ3v) is 6.07. The molecule has 0 fully saturated rings. The lowest BCUT2D eigenvalue weighted by Gasteiger charge is -2.08. The van der Waals surface area contributed by atoms with E-state index in [4.69, 9.17) is 16.6 Å². The first-order valence-corrected chi connectivity index (χ1v) is 10.4.